The number of carboxylic acids is 1. The zero-order valence-electron chi connectivity index (χ0n) is 8.16. The first-order chi connectivity index (χ1) is 7.15. The summed E-state index contributed by atoms with van der Waals surface area (Å²) in [4.78, 5) is 21.7. The second-order valence-corrected chi connectivity index (χ2v) is 2.88. The number of nitrogens with zero attached hydrogens (tertiary/aromatic N) is 3. The zero-order valence-corrected chi connectivity index (χ0v) is 8.16. The van der Waals surface area contributed by atoms with Crippen molar-refractivity contribution in [1.29, 1.82) is 0 Å². The summed E-state index contributed by atoms with van der Waals surface area (Å²) in [5.41, 5.74) is 0. The predicted octanol–water partition coefficient (Wildman–Crippen LogP) is -0.143. The number of hydrogen-bond acceptors (Lipinski definition) is 5. The highest BCUT2D eigenvalue weighted by atomic mass is 16.5. The molecule has 0 aliphatic heterocycles. The maximum absolute atomic E-state index is 10.9. The molecule has 82 valence electrons. The SMILES string of the molecule is COC(=O)CCC(C(=O)O)n1cnnc1. The van der Waals surface area contributed by atoms with Crippen molar-refractivity contribution in [2.75, 3.05) is 7.11 Å². The fourth-order valence-electron chi connectivity index (χ4n) is 1.13. The maximum Gasteiger partial charge on any atom is 0.326 e. The molecule has 0 amide bonds. The van der Waals surface area contributed by atoms with Crippen molar-refractivity contribution >= 4 is 11.9 Å². The van der Waals surface area contributed by atoms with E-state index in [9.17, 15) is 9.59 Å². The minimum atomic E-state index is -1.03. The number of ether oxygens (including phenoxy) is 1. The highest BCUT2D eigenvalue weighted by molar-refractivity contribution is 5.74. The van der Waals surface area contributed by atoms with Gasteiger partial charge in [-0.25, -0.2) is 4.79 Å². The smallest absolute Gasteiger partial charge is 0.326 e. The van der Waals surface area contributed by atoms with Crippen molar-refractivity contribution in [2.45, 2.75) is 18.9 Å². The number of aromatic nitrogens is 3. The van der Waals surface area contributed by atoms with Crippen molar-refractivity contribution < 1.29 is 19.4 Å². The Hall–Kier alpha value is -1.92. The van der Waals surface area contributed by atoms with Crippen LogP contribution in [0.3, 0.4) is 0 Å². The summed E-state index contributed by atoms with van der Waals surface area (Å²) in [6, 6.07) is -0.834. The van der Waals surface area contributed by atoms with Crippen LogP contribution in [0.1, 0.15) is 18.9 Å². The lowest BCUT2D eigenvalue weighted by Crippen LogP contribution is -2.19. The van der Waals surface area contributed by atoms with E-state index in [2.05, 4.69) is 14.9 Å². The summed E-state index contributed by atoms with van der Waals surface area (Å²) in [5, 5.41) is 15.9. The van der Waals surface area contributed by atoms with Gasteiger partial charge in [-0.1, -0.05) is 0 Å². The molecule has 0 aliphatic carbocycles. The van der Waals surface area contributed by atoms with Crippen molar-refractivity contribution in [2.24, 2.45) is 0 Å². The molecule has 0 fully saturated rings. The van der Waals surface area contributed by atoms with Crippen molar-refractivity contribution in [3.8, 4) is 0 Å². The molecule has 1 rings (SSSR count). The maximum atomic E-state index is 10.9. The number of rotatable bonds is 5. The summed E-state index contributed by atoms with van der Waals surface area (Å²) in [6.07, 6.45) is 2.80. The first-order valence-electron chi connectivity index (χ1n) is 4.29. The summed E-state index contributed by atoms with van der Waals surface area (Å²) < 4.78 is 5.76. The van der Waals surface area contributed by atoms with Gasteiger partial charge >= 0.3 is 11.9 Å². The first kappa shape index (κ1) is 11.2. The number of carboxylic acid groups (broad SMARTS) is 1. The Bertz CT molecular complexity index is 336. The second kappa shape index (κ2) is 5.08. The monoisotopic (exact) mass is 213 g/mol. The Morgan fingerprint density at radius 3 is 2.53 bits per heavy atom. The molecule has 0 spiro atoms. The Kier molecular flexibility index (Phi) is 3.78. The van der Waals surface area contributed by atoms with Crippen LogP contribution in [0, 0.1) is 0 Å². The van der Waals surface area contributed by atoms with E-state index >= 15 is 0 Å². The normalized spacial score (nSPS) is 12.1. The van der Waals surface area contributed by atoms with Crippen molar-refractivity contribution in [3.63, 3.8) is 0 Å². The molecule has 1 heterocycles. The Balaban J connectivity index is 2.60. The zero-order chi connectivity index (χ0) is 11.3. The number of carbonyl (C=O) groups is 2. The lowest BCUT2D eigenvalue weighted by Gasteiger charge is -2.11. The molecule has 7 nitrogen and oxygen atoms in total. The average molecular weight is 213 g/mol. The summed E-state index contributed by atoms with van der Waals surface area (Å²) in [7, 11) is 1.26. The van der Waals surface area contributed by atoms with E-state index in [-0.39, 0.29) is 12.8 Å². The van der Waals surface area contributed by atoms with Gasteiger partial charge < -0.3 is 14.4 Å². The number of esters is 1. The fourth-order valence-corrected chi connectivity index (χ4v) is 1.13. The van der Waals surface area contributed by atoms with Gasteiger partial charge in [0.1, 0.15) is 18.7 Å². The first-order valence-corrected chi connectivity index (χ1v) is 4.29. The van der Waals surface area contributed by atoms with Gasteiger partial charge in [0.15, 0.2) is 0 Å². The summed E-state index contributed by atoms with van der Waals surface area (Å²) in [5.74, 6) is -1.46. The molecule has 0 aliphatic rings. The molecular formula is C8H11N3O4. The highest BCUT2D eigenvalue weighted by Crippen LogP contribution is 2.13. The molecular weight excluding hydrogens is 202 g/mol. The predicted molar refractivity (Wildman–Crippen MR) is 47.9 cm³/mol. The van der Waals surface area contributed by atoms with Gasteiger partial charge in [-0.05, 0) is 6.42 Å². The molecule has 0 bridgehead atoms. The molecule has 1 N–H and O–H groups in total. The van der Waals surface area contributed by atoms with Crippen LogP contribution in [0.25, 0.3) is 0 Å². The van der Waals surface area contributed by atoms with Crippen LogP contribution in [0.4, 0.5) is 0 Å². The minimum absolute atomic E-state index is 0.0473. The van der Waals surface area contributed by atoms with Crippen LogP contribution in [-0.2, 0) is 14.3 Å². The highest BCUT2D eigenvalue weighted by Gasteiger charge is 2.20. The summed E-state index contributed by atoms with van der Waals surface area (Å²) >= 11 is 0. The van der Waals surface area contributed by atoms with E-state index in [0.29, 0.717) is 0 Å². The second-order valence-electron chi connectivity index (χ2n) is 2.88. The Morgan fingerprint density at radius 1 is 1.47 bits per heavy atom. The Morgan fingerprint density at radius 2 is 2.07 bits per heavy atom. The topological polar surface area (TPSA) is 94.3 Å². The molecule has 15 heavy (non-hydrogen) atoms. The molecule has 1 atom stereocenters. The van der Waals surface area contributed by atoms with Crippen molar-refractivity contribution in [1.82, 2.24) is 14.8 Å². The van der Waals surface area contributed by atoms with E-state index in [4.69, 9.17) is 5.11 Å². The molecule has 0 radical (unpaired) electrons. The number of methoxy groups -OCH3 is 1. The number of aliphatic carboxylic acids is 1. The van der Waals surface area contributed by atoms with E-state index in [1.807, 2.05) is 0 Å². The lowest BCUT2D eigenvalue weighted by molar-refractivity contribution is -0.143. The third kappa shape index (κ3) is 3.04. The van der Waals surface area contributed by atoms with Crippen LogP contribution in [-0.4, -0.2) is 38.9 Å². The van der Waals surface area contributed by atoms with Gasteiger partial charge in [-0.3, -0.25) is 4.79 Å². The quantitative estimate of drug-likeness (QED) is 0.684. The van der Waals surface area contributed by atoms with Crippen LogP contribution in [0.15, 0.2) is 12.7 Å². The van der Waals surface area contributed by atoms with E-state index < -0.39 is 18.0 Å². The van der Waals surface area contributed by atoms with Crippen LogP contribution >= 0.6 is 0 Å². The van der Waals surface area contributed by atoms with Gasteiger partial charge in [0.05, 0.1) is 7.11 Å². The van der Waals surface area contributed by atoms with Crippen molar-refractivity contribution in [3.05, 3.63) is 12.7 Å². The number of carbonyl (C=O) groups excluding carboxylic acids is 1. The van der Waals surface area contributed by atoms with Gasteiger partial charge in [0.2, 0.25) is 0 Å². The largest absolute Gasteiger partial charge is 0.480 e. The molecule has 0 aromatic carbocycles. The summed E-state index contributed by atoms with van der Waals surface area (Å²) in [6.45, 7) is 0. The lowest BCUT2D eigenvalue weighted by atomic mass is 10.1. The average Bonchev–Trinajstić information content (AvgIpc) is 2.70. The molecule has 1 unspecified atom stereocenters. The number of hydrogen-bond donors (Lipinski definition) is 1. The standard InChI is InChI=1S/C8H11N3O4/c1-15-7(12)3-2-6(8(13)14)11-4-9-10-5-11/h4-6H,2-3H2,1H3,(H,13,14). The van der Waals surface area contributed by atoms with Crippen LogP contribution in [0.2, 0.25) is 0 Å². The fraction of sp³-hybridized carbons (Fsp3) is 0.500. The van der Waals surface area contributed by atoms with E-state index in [0.717, 1.165) is 0 Å². The van der Waals surface area contributed by atoms with Gasteiger partial charge in [-0.15, -0.1) is 10.2 Å². The third-order valence-corrected chi connectivity index (χ3v) is 1.93. The minimum Gasteiger partial charge on any atom is -0.480 e. The van der Waals surface area contributed by atoms with Gasteiger partial charge in [-0.2, -0.15) is 0 Å². The van der Waals surface area contributed by atoms with Crippen LogP contribution in [0.5, 0.6) is 0 Å². The van der Waals surface area contributed by atoms with Gasteiger partial charge in [0.25, 0.3) is 0 Å². The third-order valence-electron chi connectivity index (χ3n) is 1.93. The van der Waals surface area contributed by atoms with Gasteiger partial charge in [0, 0.05) is 6.42 Å². The molecule has 1 aromatic heterocycles. The van der Waals surface area contributed by atoms with Crippen LogP contribution < -0.4 is 0 Å². The molecule has 0 saturated heterocycles. The molecule has 7 heteroatoms. The van der Waals surface area contributed by atoms with E-state index in [1.54, 1.807) is 0 Å². The van der Waals surface area contributed by atoms with E-state index in [1.165, 1.54) is 24.3 Å². The molecule has 1 aromatic rings. The molecule has 0 saturated carbocycles. The Labute approximate surface area is 85.7 Å².